The van der Waals surface area contributed by atoms with Crippen molar-refractivity contribution in [1.29, 1.82) is 0 Å². The number of carbonyl (C=O) groups is 2. The molecule has 9 atom stereocenters. The molecule has 3 N–H and O–H groups in total. The van der Waals surface area contributed by atoms with Gasteiger partial charge >= 0.3 is 0 Å². The second kappa shape index (κ2) is 16.1. The lowest BCUT2D eigenvalue weighted by Gasteiger charge is -2.62. The van der Waals surface area contributed by atoms with Gasteiger partial charge in [-0.3, -0.25) is 19.3 Å². The van der Waals surface area contributed by atoms with Crippen LogP contribution in [0.2, 0.25) is 0 Å². The fourth-order valence-electron chi connectivity index (χ4n) is 10.3. The van der Waals surface area contributed by atoms with E-state index < -0.39 is 24.2 Å². The van der Waals surface area contributed by atoms with Crippen molar-refractivity contribution in [2.45, 2.75) is 77.4 Å². The van der Waals surface area contributed by atoms with Crippen molar-refractivity contribution in [3.63, 3.8) is 0 Å². The highest BCUT2D eigenvalue weighted by Gasteiger charge is 2.57. The van der Waals surface area contributed by atoms with Gasteiger partial charge in [0.2, 0.25) is 5.91 Å². The van der Waals surface area contributed by atoms with E-state index in [1.54, 1.807) is 19.1 Å². The minimum absolute atomic E-state index is 0.0224. The van der Waals surface area contributed by atoms with E-state index >= 15 is 0 Å². The molecular formula is C45H61N5O6. The van der Waals surface area contributed by atoms with E-state index in [1.807, 2.05) is 72.4 Å². The second-order valence-electron chi connectivity index (χ2n) is 17.6. The van der Waals surface area contributed by atoms with Crippen molar-refractivity contribution in [2.75, 3.05) is 59.4 Å². The van der Waals surface area contributed by atoms with Gasteiger partial charge in [-0.05, 0) is 79.3 Å². The summed E-state index contributed by atoms with van der Waals surface area (Å²) < 4.78 is 6.13. The maximum atomic E-state index is 14.3. The average molecular weight is 768 g/mol. The number of aliphatic hydroxyl groups is 2. The maximum Gasteiger partial charge on any atom is 0.254 e. The van der Waals surface area contributed by atoms with Crippen molar-refractivity contribution in [3.8, 4) is 16.9 Å². The van der Waals surface area contributed by atoms with Gasteiger partial charge in [0.15, 0.2) is 0 Å². The minimum Gasteiger partial charge on any atom is -0.496 e. The van der Waals surface area contributed by atoms with Gasteiger partial charge in [0.25, 0.3) is 5.91 Å². The van der Waals surface area contributed by atoms with E-state index in [-0.39, 0.29) is 42.5 Å². The number of amides is 2. The predicted octanol–water partition coefficient (Wildman–Crippen LogP) is 5.22. The first-order chi connectivity index (χ1) is 26.7. The standard InChI is InChI=1S/C45H61N5O6/c1-27-36-22-33(45(36,3)4)23-37(27)46-43(53)41-40(28(2)52)39(26-51)56-50(41)24-30-15-12-16-35(42(30)55-8)31-19-32(21-34(20-31)47(5)6)44(54)49-18-17-48(7)38(25-49)29-13-10-9-11-14-29/h9-16,19-21,27-28,33,36-41,51-52H,17-18,22-26H2,1-8H3,(H,46,53)/t27-,28-,33+,36-,37-,38?,39-,40-,41-/m0/s1. The summed E-state index contributed by atoms with van der Waals surface area (Å²) in [7, 11) is 7.66. The van der Waals surface area contributed by atoms with Gasteiger partial charge in [0, 0.05) is 68.1 Å². The maximum absolute atomic E-state index is 14.3. The molecule has 11 heteroatoms. The van der Waals surface area contributed by atoms with Gasteiger partial charge in [-0.1, -0.05) is 69.3 Å². The Morgan fingerprint density at radius 3 is 2.45 bits per heavy atom. The third-order valence-electron chi connectivity index (χ3n) is 13.8. The first kappa shape index (κ1) is 40.2. The van der Waals surface area contributed by atoms with Crippen molar-refractivity contribution >= 4 is 17.5 Å². The Hall–Kier alpha value is -4.00. The summed E-state index contributed by atoms with van der Waals surface area (Å²) in [5.74, 6) is 1.20. The van der Waals surface area contributed by atoms with Crippen LogP contribution in [0.1, 0.15) is 68.1 Å². The van der Waals surface area contributed by atoms with E-state index in [0.29, 0.717) is 42.2 Å². The highest BCUT2D eigenvalue weighted by atomic mass is 16.7. The van der Waals surface area contributed by atoms with Crippen molar-refractivity contribution in [2.24, 2.45) is 29.1 Å². The summed E-state index contributed by atoms with van der Waals surface area (Å²) in [6.45, 7) is 10.4. The Balaban J connectivity index is 1.17. The van der Waals surface area contributed by atoms with Crippen LogP contribution < -0.4 is 15.0 Å². The number of para-hydroxylation sites is 1. The topological polar surface area (TPSA) is 118 Å². The number of ether oxygens (including phenoxy) is 1. The van der Waals surface area contributed by atoms with E-state index in [4.69, 9.17) is 9.57 Å². The Kier molecular flexibility index (Phi) is 11.6. The van der Waals surface area contributed by atoms with E-state index in [9.17, 15) is 19.8 Å². The minimum atomic E-state index is -0.898. The summed E-state index contributed by atoms with van der Waals surface area (Å²) in [5, 5.41) is 26.4. The molecule has 8 rings (SSSR count). The van der Waals surface area contributed by atoms with Crippen LogP contribution >= 0.6 is 0 Å². The Labute approximate surface area is 332 Å². The quantitative estimate of drug-likeness (QED) is 0.242. The zero-order valence-corrected chi connectivity index (χ0v) is 34.3. The van der Waals surface area contributed by atoms with Crippen LogP contribution in [-0.2, 0) is 16.2 Å². The molecule has 5 fully saturated rings. The molecule has 2 saturated heterocycles. The monoisotopic (exact) mass is 767 g/mol. The highest BCUT2D eigenvalue weighted by Crippen LogP contribution is 2.61. The molecule has 2 aliphatic heterocycles. The molecule has 2 heterocycles. The summed E-state index contributed by atoms with van der Waals surface area (Å²) in [5.41, 5.74) is 5.34. The van der Waals surface area contributed by atoms with Crippen LogP contribution in [0.3, 0.4) is 0 Å². The van der Waals surface area contributed by atoms with Crippen molar-refractivity contribution in [3.05, 3.63) is 83.4 Å². The molecule has 3 aliphatic carbocycles. The number of fused-ring (bicyclic) bond motifs is 2. The third-order valence-corrected chi connectivity index (χ3v) is 13.8. The highest BCUT2D eigenvalue weighted by molar-refractivity contribution is 5.97. The SMILES string of the molecule is COc1c(CN2O[C@@H](CO)[C@H]([C@H](C)O)[C@H]2C(=O)N[C@H]2C[C@H]3C[C@@H]([C@@H]2C)C3(C)C)cccc1-c1cc(C(=O)N2CCN(C)C(c3ccccc3)C2)cc(N(C)C)c1. The van der Waals surface area contributed by atoms with Crippen LogP contribution in [0.25, 0.3) is 11.1 Å². The van der Waals surface area contributed by atoms with Gasteiger partial charge in [-0.25, -0.2) is 0 Å². The first-order valence-electron chi connectivity index (χ1n) is 20.3. The zero-order chi connectivity index (χ0) is 40.1. The smallest absolute Gasteiger partial charge is 0.254 e. The molecule has 3 aromatic carbocycles. The fourth-order valence-corrected chi connectivity index (χ4v) is 10.3. The van der Waals surface area contributed by atoms with E-state index in [0.717, 1.165) is 35.3 Å². The third kappa shape index (κ3) is 7.44. The molecule has 5 aliphatic rings. The number of rotatable bonds is 11. The Morgan fingerprint density at radius 2 is 1.80 bits per heavy atom. The largest absolute Gasteiger partial charge is 0.496 e. The molecule has 2 amide bonds. The first-order valence-corrected chi connectivity index (χ1v) is 20.3. The molecule has 56 heavy (non-hydrogen) atoms. The normalized spacial score (nSPS) is 29.4. The average Bonchev–Trinajstić information content (AvgIpc) is 3.57. The summed E-state index contributed by atoms with van der Waals surface area (Å²) in [4.78, 5) is 41.2. The van der Waals surface area contributed by atoms with Gasteiger partial charge < -0.3 is 30.1 Å². The van der Waals surface area contributed by atoms with Crippen LogP contribution in [0, 0.1) is 29.1 Å². The number of nitrogens with zero attached hydrogens (tertiary/aromatic N) is 4. The van der Waals surface area contributed by atoms with Crippen LogP contribution in [0.15, 0.2) is 66.7 Å². The Morgan fingerprint density at radius 1 is 1.05 bits per heavy atom. The summed E-state index contributed by atoms with van der Waals surface area (Å²) in [6.07, 6.45) is 0.486. The van der Waals surface area contributed by atoms with Crippen molar-refractivity contribution in [1.82, 2.24) is 20.2 Å². The molecule has 11 nitrogen and oxygen atoms in total. The van der Waals surface area contributed by atoms with Crippen LogP contribution in [0.4, 0.5) is 5.69 Å². The van der Waals surface area contributed by atoms with Crippen LogP contribution in [-0.4, -0.2) is 116 Å². The van der Waals surface area contributed by atoms with Crippen LogP contribution in [0.5, 0.6) is 5.75 Å². The van der Waals surface area contributed by atoms with Gasteiger partial charge in [-0.15, -0.1) is 0 Å². The molecule has 0 aromatic heterocycles. The second-order valence-corrected chi connectivity index (χ2v) is 17.6. The number of piperazine rings is 1. The number of likely N-dealkylation sites (N-methyl/N-ethyl adjacent to an activating group) is 1. The van der Waals surface area contributed by atoms with E-state index in [1.165, 1.54) is 12.0 Å². The summed E-state index contributed by atoms with van der Waals surface area (Å²) in [6, 6.07) is 21.5. The van der Waals surface area contributed by atoms with E-state index in [2.05, 4.69) is 56.2 Å². The molecule has 1 unspecified atom stereocenters. The number of aliphatic hydroxyl groups excluding tert-OH is 2. The predicted molar refractivity (Wildman–Crippen MR) is 218 cm³/mol. The lowest BCUT2D eigenvalue weighted by molar-refractivity contribution is -0.183. The Bertz CT molecular complexity index is 1890. The lowest BCUT2D eigenvalue weighted by atomic mass is 9.45. The molecule has 3 saturated carbocycles. The fraction of sp³-hybridized carbons (Fsp3) is 0.556. The molecule has 302 valence electrons. The number of carbonyl (C=O) groups excluding carboxylic acids is 2. The van der Waals surface area contributed by atoms with Crippen molar-refractivity contribution < 1.29 is 29.4 Å². The van der Waals surface area contributed by atoms with Gasteiger partial charge in [0.1, 0.15) is 17.9 Å². The molecule has 3 aromatic rings. The number of methoxy groups -OCH3 is 1. The number of nitrogens with one attached hydrogen (secondary N) is 1. The molecule has 0 spiro atoms. The molecule has 2 bridgehead atoms. The van der Waals surface area contributed by atoms with Gasteiger partial charge in [0.05, 0.1) is 32.4 Å². The number of benzene rings is 3. The number of hydrogen-bond donors (Lipinski definition) is 3. The number of anilines is 1. The number of hydrogen-bond acceptors (Lipinski definition) is 9. The summed E-state index contributed by atoms with van der Waals surface area (Å²) >= 11 is 0. The van der Waals surface area contributed by atoms with Gasteiger partial charge in [-0.2, -0.15) is 5.06 Å². The molecule has 0 radical (unpaired) electrons. The lowest BCUT2D eigenvalue weighted by Crippen LogP contribution is -2.62. The zero-order valence-electron chi connectivity index (χ0n) is 34.3. The molecular weight excluding hydrogens is 707 g/mol. The number of hydroxylamine groups is 2.